The Morgan fingerprint density at radius 2 is 0.957 bits per heavy atom. The number of carbonyl (C=O) groups is 2. The average molecular weight is 611 g/mol. The van der Waals surface area contributed by atoms with Gasteiger partial charge in [0.2, 0.25) is 11.4 Å². The zero-order valence-corrected chi connectivity index (χ0v) is 27.1. The van der Waals surface area contributed by atoms with E-state index in [4.69, 9.17) is 9.47 Å². The molecule has 6 nitrogen and oxygen atoms in total. The highest BCUT2D eigenvalue weighted by Crippen LogP contribution is 2.55. The van der Waals surface area contributed by atoms with Crippen molar-refractivity contribution in [2.75, 3.05) is 23.9 Å². The second-order valence-corrected chi connectivity index (χ2v) is 13.5. The second-order valence-electron chi connectivity index (χ2n) is 13.5. The van der Waals surface area contributed by atoms with Gasteiger partial charge in [-0.15, -0.1) is 0 Å². The number of para-hydroxylation sites is 2. The molecule has 4 aliphatic heterocycles. The fourth-order valence-electron chi connectivity index (χ4n) is 7.74. The summed E-state index contributed by atoms with van der Waals surface area (Å²) in [5, 5.41) is 0. The quantitative estimate of drug-likeness (QED) is 0.214. The molecule has 0 fully saturated rings. The summed E-state index contributed by atoms with van der Waals surface area (Å²) in [5.41, 5.74) is 6.63. The average Bonchev–Trinajstić information content (AvgIpc) is 3.34. The summed E-state index contributed by atoms with van der Waals surface area (Å²) in [6, 6.07) is 28.0. The molecule has 0 unspecified atom stereocenters. The number of ether oxygens (including phenoxy) is 2. The number of hydrogen-bond donors (Lipinski definition) is 0. The van der Waals surface area contributed by atoms with Gasteiger partial charge in [0.1, 0.15) is 24.1 Å². The number of aldehydes is 2. The van der Waals surface area contributed by atoms with Crippen LogP contribution in [0.5, 0.6) is 11.5 Å². The maximum atomic E-state index is 11.0. The molecule has 0 saturated heterocycles. The van der Waals surface area contributed by atoms with Crippen LogP contribution in [-0.4, -0.2) is 38.1 Å². The lowest BCUT2D eigenvalue weighted by atomic mass is 9.76. The summed E-state index contributed by atoms with van der Waals surface area (Å²) >= 11 is 0. The maximum absolute atomic E-state index is 11.0. The predicted octanol–water partition coefficient (Wildman–Crippen LogP) is 8.06. The summed E-state index contributed by atoms with van der Waals surface area (Å²) < 4.78 is 13.0. The van der Waals surface area contributed by atoms with Gasteiger partial charge in [0, 0.05) is 47.7 Å². The molecule has 232 valence electrons. The monoisotopic (exact) mass is 610 g/mol. The molecule has 2 spiro atoms. The summed E-state index contributed by atoms with van der Waals surface area (Å²) in [6.07, 6.45) is 10.1. The predicted molar refractivity (Wildman–Crippen MR) is 184 cm³/mol. The summed E-state index contributed by atoms with van der Waals surface area (Å²) in [7, 11) is 4.14. The number of benzene rings is 4. The van der Waals surface area contributed by atoms with Crippen LogP contribution in [0.25, 0.3) is 12.2 Å². The lowest BCUT2D eigenvalue weighted by molar-refractivity contribution is 0.0581. The van der Waals surface area contributed by atoms with Crippen molar-refractivity contribution in [3.8, 4) is 11.5 Å². The van der Waals surface area contributed by atoms with Crippen LogP contribution in [-0.2, 0) is 10.8 Å². The number of fused-ring (bicyclic) bond motifs is 4. The smallest absolute Gasteiger partial charge is 0.211 e. The first kappa shape index (κ1) is 29.6. The molecular weight excluding hydrogens is 572 g/mol. The van der Waals surface area contributed by atoms with Crippen LogP contribution in [0, 0.1) is 0 Å². The van der Waals surface area contributed by atoms with Crippen LogP contribution >= 0.6 is 0 Å². The van der Waals surface area contributed by atoms with Gasteiger partial charge in [-0.1, -0.05) is 36.4 Å². The molecule has 4 aromatic rings. The summed E-state index contributed by atoms with van der Waals surface area (Å²) in [5.74, 6) is 1.62. The molecule has 0 aliphatic carbocycles. The highest BCUT2D eigenvalue weighted by molar-refractivity contribution is 5.80. The van der Waals surface area contributed by atoms with Gasteiger partial charge < -0.3 is 19.3 Å². The van der Waals surface area contributed by atoms with E-state index < -0.39 is 11.4 Å². The minimum Gasteiger partial charge on any atom is -0.463 e. The Morgan fingerprint density at radius 1 is 0.565 bits per heavy atom. The van der Waals surface area contributed by atoms with Crippen molar-refractivity contribution in [1.29, 1.82) is 0 Å². The first-order valence-electron chi connectivity index (χ1n) is 15.6. The fraction of sp³-hybridized carbons (Fsp3) is 0.250. The van der Waals surface area contributed by atoms with Gasteiger partial charge in [-0.3, -0.25) is 9.59 Å². The van der Waals surface area contributed by atoms with Gasteiger partial charge >= 0.3 is 0 Å². The van der Waals surface area contributed by atoms with Gasteiger partial charge in [-0.25, -0.2) is 0 Å². The zero-order chi connectivity index (χ0) is 32.5. The number of hydrogen-bond acceptors (Lipinski definition) is 6. The molecule has 0 aromatic heterocycles. The third kappa shape index (κ3) is 3.95. The maximum Gasteiger partial charge on any atom is 0.211 e. The van der Waals surface area contributed by atoms with E-state index in [-0.39, 0.29) is 10.8 Å². The van der Waals surface area contributed by atoms with Crippen LogP contribution < -0.4 is 19.3 Å². The van der Waals surface area contributed by atoms with Gasteiger partial charge in [0.25, 0.3) is 0 Å². The van der Waals surface area contributed by atoms with Crippen LogP contribution in [0.2, 0.25) is 0 Å². The Kier molecular flexibility index (Phi) is 6.57. The van der Waals surface area contributed by atoms with E-state index in [9.17, 15) is 9.59 Å². The third-order valence-corrected chi connectivity index (χ3v) is 10.5. The van der Waals surface area contributed by atoms with Crippen LogP contribution in [0.1, 0.15) is 70.7 Å². The standard InChI is InChI=1S/2C20H19NO2/c2*1-19(2)16-6-4-5-7-17(16)21(3)20(19)11-10-15-12-14(13-22)8-9-18(15)23-20/h2*4-13H,1-3H3/t2*20-/m00/s1. The number of rotatable bonds is 2. The minimum atomic E-state index is -0.563. The molecule has 6 heteroatoms. The van der Waals surface area contributed by atoms with E-state index in [0.717, 1.165) is 35.2 Å². The van der Waals surface area contributed by atoms with Crippen LogP contribution in [0.3, 0.4) is 0 Å². The van der Waals surface area contributed by atoms with E-state index in [0.29, 0.717) is 11.1 Å². The van der Waals surface area contributed by atoms with Crippen LogP contribution in [0.15, 0.2) is 97.1 Å². The summed E-state index contributed by atoms with van der Waals surface area (Å²) in [4.78, 5) is 26.4. The molecule has 0 N–H and O–H groups in total. The lowest BCUT2D eigenvalue weighted by Crippen LogP contribution is -2.58. The van der Waals surface area contributed by atoms with Crippen LogP contribution in [0.4, 0.5) is 11.4 Å². The van der Waals surface area contributed by atoms with Crippen molar-refractivity contribution in [2.24, 2.45) is 0 Å². The zero-order valence-electron chi connectivity index (χ0n) is 27.1. The van der Waals surface area contributed by atoms with E-state index in [1.165, 1.54) is 22.5 Å². The molecule has 0 saturated carbocycles. The first-order valence-corrected chi connectivity index (χ1v) is 15.6. The largest absolute Gasteiger partial charge is 0.463 e. The minimum absolute atomic E-state index is 0.199. The molecule has 46 heavy (non-hydrogen) atoms. The molecule has 0 amide bonds. The van der Waals surface area contributed by atoms with Gasteiger partial charge in [0.05, 0.1) is 10.8 Å². The van der Waals surface area contributed by atoms with Crippen molar-refractivity contribution in [1.82, 2.24) is 0 Å². The Labute approximate surface area is 270 Å². The number of likely N-dealkylation sites (N-methyl/N-ethyl adjacent to an activating group) is 2. The van der Waals surface area contributed by atoms with Gasteiger partial charge in [0.15, 0.2) is 0 Å². The molecule has 2 atom stereocenters. The molecule has 4 aliphatic rings. The topological polar surface area (TPSA) is 59.1 Å². The Morgan fingerprint density at radius 3 is 1.33 bits per heavy atom. The van der Waals surface area contributed by atoms with Crippen molar-refractivity contribution >= 4 is 36.1 Å². The van der Waals surface area contributed by atoms with E-state index >= 15 is 0 Å². The first-order chi connectivity index (χ1) is 22.0. The van der Waals surface area contributed by atoms with Crippen molar-refractivity contribution in [3.05, 3.63) is 130 Å². The van der Waals surface area contributed by atoms with Gasteiger partial charge in [-0.2, -0.15) is 0 Å². The number of carbonyl (C=O) groups excluding carboxylic acids is 2. The molecule has 8 rings (SSSR count). The summed E-state index contributed by atoms with van der Waals surface area (Å²) in [6.45, 7) is 8.85. The normalized spacial score (nSPS) is 23.3. The molecular formula is C40H38N2O4. The molecule has 4 aromatic carbocycles. The highest BCUT2D eigenvalue weighted by atomic mass is 16.5. The van der Waals surface area contributed by atoms with Gasteiger partial charge in [-0.05, 0) is 112 Å². The van der Waals surface area contributed by atoms with E-state index in [2.05, 4.69) is 124 Å². The van der Waals surface area contributed by atoms with E-state index in [1.807, 2.05) is 24.3 Å². The number of anilines is 2. The Bertz CT molecular complexity index is 1820. The van der Waals surface area contributed by atoms with E-state index in [1.54, 1.807) is 12.1 Å². The molecule has 0 bridgehead atoms. The second kappa shape index (κ2) is 10.2. The molecule has 0 radical (unpaired) electrons. The van der Waals surface area contributed by atoms with Crippen molar-refractivity contribution in [2.45, 2.75) is 50.0 Å². The Hall–Kier alpha value is -5.10. The fourth-order valence-corrected chi connectivity index (χ4v) is 7.74. The van der Waals surface area contributed by atoms with Crippen molar-refractivity contribution in [3.63, 3.8) is 0 Å². The third-order valence-electron chi connectivity index (χ3n) is 10.5. The lowest BCUT2D eigenvalue weighted by Gasteiger charge is -2.45. The number of nitrogens with zero attached hydrogens (tertiary/aromatic N) is 2. The SMILES string of the molecule is CN1c2ccccc2C(C)(C)[C@@]12C=Cc1cc(C=O)ccc1O2.CN1c2ccccc2C(C)(C)[C@@]12C=Cc1cc(C=O)ccc1O2. The molecule has 4 heterocycles. The van der Waals surface area contributed by atoms with Crippen molar-refractivity contribution < 1.29 is 19.1 Å². The Balaban J connectivity index is 0.000000147. The highest BCUT2D eigenvalue weighted by Gasteiger charge is 2.58.